The van der Waals surface area contributed by atoms with Crippen molar-refractivity contribution in [2.45, 2.75) is 19.1 Å². The summed E-state index contributed by atoms with van der Waals surface area (Å²) in [5, 5.41) is -1.14. The molecule has 32 heavy (non-hydrogen) atoms. The molecule has 2 aromatic carbocycles. The third-order valence-electron chi connectivity index (χ3n) is 5.54. The molecule has 10 heteroatoms. The van der Waals surface area contributed by atoms with Crippen LogP contribution in [0.1, 0.15) is 19.4 Å². The quantitative estimate of drug-likeness (QED) is 0.384. The summed E-state index contributed by atoms with van der Waals surface area (Å²) in [6.45, 7) is 3.52. The molecule has 2 aliphatic heterocycles. The van der Waals surface area contributed by atoms with Crippen LogP contribution in [0.5, 0.6) is 0 Å². The van der Waals surface area contributed by atoms with E-state index >= 15 is 0 Å². The molecule has 7 nitrogen and oxygen atoms in total. The highest BCUT2D eigenvalue weighted by Crippen LogP contribution is 2.72. The van der Waals surface area contributed by atoms with Crippen molar-refractivity contribution in [3.05, 3.63) is 64.1 Å². The van der Waals surface area contributed by atoms with Crippen molar-refractivity contribution in [2.24, 2.45) is 16.8 Å². The first-order chi connectivity index (χ1) is 15.3. The summed E-state index contributed by atoms with van der Waals surface area (Å²) in [4.78, 5) is 32.7. The molecule has 0 radical (unpaired) electrons. The van der Waals surface area contributed by atoms with Gasteiger partial charge in [-0.3, -0.25) is 19.1 Å². The zero-order valence-corrected chi connectivity index (χ0v) is 19.8. The monoisotopic (exact) mass is 494 g/mol. The molecule has 0 saturated carbocycles. The minimum Gasteiger partial charge on any atom is -0.307 e. The van der Waals surface area contributed by atoms with Crippen LogP contribution in [0.15, 0.2) is 53.5 Å². The number of carbonyl (C=O) groups excluding carboxylic acids is 2. The van der Waals surface area contributed by atoms with Gasteiger partial charge in [0.15, 0.2) is 5.28 Å². The standard InChI is InChI=1S/C22H21Cl2N2O5P/c1-3-30-32(29,31-4-2)22(14-8-6-5-7-9-14)19-18(13-25-22)20(27)26(21(19)28)17-11-15(23)10-16(24)12-17/h5-13,18-19H,3-4H2,1-2H3/t18-,19+,22+/m1/s1. The fourth-order valence-electron chi connectivity index (χ4n) is 4.37. The van der Waals surface area contributed by atoms with E-state index in [0.717, 1.165) is 4.90 Å². The van der Waals surface area contributed by atoms with E-state index in [1.165, 1.54) is 24.4 Å². The van der Waals surface area contributed by atoms with E-state index in [9.17, 15) is 14.2 Å². The normalized spacial score (nSPS) is 24.9. The van der Waals surface area contributed by atoms with Crippen molar-refractivity contribution in [3.8, 4) is 0 Å². The number of hydrogen-bond acceptors (Lipinski definition) is 6. The van der Waals surface area contributed by atoms with E-state index in [4.69, 9.17) is 32.2 Å². The van der Waals surface area contributed by atoms with Crippen LogP contribution in [0.4, 0.5) is 5.69 Å². The lowest BCUT2D eigenvalue weighted by Crippen LogP contribution is -2.40. The lowest BCUT2D eigenvalue weighted by atomic mass is 9.87. The largest absolute Gasteiger partial charge is 0.363 e. The van der Waals surface area contributed by atoms with E-state index in [-0.39, 0.29) is 28.9 Å². The number of fused-ring (bicyclic) bond motifs is 1. The fourth-order valence-corrected chi connectivity index (χ4v) is 7.32. The number of aliphatic imine (C=N–C) groups is 1. The number of anilines is 1. The lowest BCUT2D eigenvalue weighted by molar-refractivity contribution is -0.123. The summed E-state index contributed by atoms with van der Waals surface area (Å²) in [5.74, 6) is -3.12. The third kappa shape index (κ3) is 3.44. The summed E-state index contributed by atoms with van der Waals surface area (Å²) in [6, 6.07) is 13.2. The van der Waals surface area contributed by atoms with Gasteiger partial charge in [-0.2, -0.15) is 0 Å². The number of hydrogen-bond donors (Lipinski definition) is 0. The van der Waals surface area contributed by atoms with Crippen LogP contribution in [0.3, 0.4) is 0 Å². The van der Waals surface area contributed by atoms with Crippen LogP contribution >= 0.6 is 30.8 Å². The molecule has 1 fully saturated rings. The molecular weight excluding hydrogens is 474 g/mol. The Labute approximate surface area is 195 Å². The lowest BCUT2D eigenvalue weighted by Gasteiger charge is -2.37. The SMILES string of the molecule is CCOP(=O)(OCC)[C@]1(c2ccccc2)N=C[C@H]2C(=O)N(c3cc(Cl)cc(Cl)c3)C(=O)[C@H]21. The van der Waals surface area contributed by atoms with Crippen molar-refractivity contribution < 1.29 is 23.2 Å². The number of imide groups is 1. The second-order valence-corrected chi connectivity index (χ2v) is 10.4. The first kappa shape index (κ1) is 23.1. The average molecular weight is 495 g/mol. The Morgan fingerprint density at radius 3 is 2.16 bits per heavy atom. The van der Waals surface area contributed by atoms with E-state index in [0.29, 0.717) is 5.56 Å². The minimum atomic E-state index is -4.04. The van der Waals surface area contributed by atoms with Gasteiger partial charge < -0.3 is 9.05 Å². The maximum absolute atomic E-state index is 14.2. The Morgan fingerprint density at radius 1 is 1.00 bits per heavy atom. The number of rotatable bonds is 7. The Balaban J connectivity index is 1.91. The Morgan fingerprint density at radius 2 is 1.59 bits per heavy atom. The van der Waals surface area contributed by atoms with Crippen molar-refractivity contribution in [2.75, 3.05) is 18.1 Å². The number of amides is 2. The fraction of sp³-hybridized carbons (Fsp3) is 0.318. The zero-order chi connectivity index (χ0) is 23.1. The van der Waals surface area contributed by atoms with E-state index in [1.807, 2.05) is 0 Å². The summed E-state index contributed by atoms with van der Waals surface area (Å²) in [7, 11) is -4.04. The van der Waals surface area contributed by atoms with Gasteiger partial charge in [-0.25, -0.2) is 4.90 Å². The van der Waals surface area contributed by atoms with Crippen LogP contribution in [0.2, 0.25) is 10.0 Å². The molecule has 0 spiro atoms. The molecule has 4 rings (SSSR count). The highest BCUT2D eigenvalue weighted by molar-refractivity contribution is 7.55. The summed E-state index contributed by atoms with van der Waals surface area (Å²) in [5.41, 5.74) is 0.714. The van der Waals surface area contributed by atoms with Crippen LogP contribution in [0.25, 0.3) is 0 Å². The number of halogens is 2. The van der Waals surface area contributed by atoms with Crippen LogP contribution in [-0.2, 0) is 28.5 Å². The molecule has 0 unspecified atom stereocenters. The van der Waals surface area contributed by atoms with Gasteiger partial charge in [0.1, 0.15) is 0 Å². The van der Waals surface area contributed by atoms with Gasteiger partial charge in [-0.1, -0.05) is 53.5 Å². The Bertz CT molecular complexity index is 1110. The molecule has 2 heterocycles. The molecule has 168 valence electrons. The maximum atomic E-state index is 14.2. The van der Waals surface area contributed by atoms with Gasteiger partial charge in [-0.15, -0.1) is 0 Å². The molecule has 2 amide bonds. The minimum absolute atomic E-state index is 0.0779. The predicted molar refractivity (Wildman–Crippen MR) is 123 cm³/mol. The second-order valence-electron chi connectivity index (χ2n) is 7.35. The van der Waals surface area contributed by atoms with E-state index in [2.05, 4.69) is 4.99 Å². The van der Waals surface area contributed by atoms with Crippen molar-refractivity contribution in [1.29, 1.82) is 0 Å². The van der Waals surface area contributed by atoms with Crippen molar-refractivity contribution in [1.82, 2.24) is 0 Å². The number of benzene rings is 2. The van der Waals surface area contributed by atoms with E-state index in [1.54, 1.807) is 44.2 Å². The van der Waals surface area contributed by atoms with Gasteiger partial charge in [0.05, 0.1) is 30.7 Å². The van der Waals surface area contributed by atoms with Crippen LogP contribution < -0.4 is 4.90 Å². The van der Waals surface area contributed by atoms with Crippen LogP contribution in [0, 0.1) is 11.8 Å². The van der Waals surface area contributed by atoms with Gasteiger partial charge in [-0.05, 0) is 37.6 Å². The molecule has 3 atom stereocenters. The van der Waals surface area contributed by atoms with Gasteiger partial charge in [0.2, 0.25) is 11.8 Å². The van der Waals surface area contributed by atoms with E-state index < -0.39 is 36.5 Å². The first-order valence-corrected chi connectivity index (χ1v) is 12.4. The molecule has 2 aliphatic rings. The topological polar surface area (TPSA) is 85.3 Å². The molecule has 0 aromatic heterocycles. The predicted octanol–water partition coefficient (Wildman–Crippen LogP) is 5.30. The summed E-state index contributed by atoms with van der Waals surface area (Å²) < 4.78 is 25.6. The first-order valence-electron chi connectivity index (χ1n) is 10.1. The molecule has 2 aromatic rings. The molecule has 0 aliphatic carbocycles. The van der Waals surface area contributed by atoms with Crippen LogP contribution in [-0.4, -0.2) is 31.2 Å². The Hall–Kier alpha value is -2.02. The van der Waals surface area contributed by atoms with Gasteiger partial charge >= 0.3 is 7.60 Å². The molecule has 1 saturated heterocycles. The summed E-state index contributed by atoms with van der Waals surface area (Å²) in [6.07, 6.45) is 1.38. The Kier molecular flexibility index (Phi) is 6.31. The number of carbonyl (C=O) groups is 2. The van der Waals surface area contributed by atoms with Crippen molar-refractivity contribution in [3.63, 3.8) is 0 Å². The third-order valence-corrected chi connectivity index (χ3v) is 8.66. The molecule has 0 bridgehead atoms. The maximum Gasteiger partial charge on any atom is 0.363 e. The smallest absolute Gasteiger partial charge is 0.307 e. The van der Waals surface area contributed by atoms with Crippen molar-refractivity contribution >= 4 is 54.5 Å². The molecular formula is C22H21Cl2N2O5P. The molecule has 0 N–H and O–H groups in total. The summed E-state index contributed by atoms with van der Waals surface area (Å²) >= 11 is 12.2. The van der Waals surface area contributed by atoms with Gasteiger partial charge in [0, 0.05) is 16.3 Å². The van der Waals surface area contributed by atoms with Gasteiger partial charge in [0.25, 0.3) is 0 Å². The number of nitrogens with zero attached hydrogens (tertiary/aromatic N) is 2. The zero-order valence-electron chi connectivity index (χ0n) is 17.4. The second kappa shape index (κ2) is 8.73. The average Bonchev–Trinajstić information content (AvgIpc) is 3.26. The highest BCUT2D eigenvalue weighted by Gasteiger charge is 2.69. The highest BCUT2D eigenvalue weighted by atomic mass is 35.5.